The minimum Gasteiger partial charge on any atom is -0.389 e. The highest BCUT2D eigenvalue weighted by atomic mass is 19.1. The number of hydrogen-bond acceptors (Lipinski definition) is 6. The Morgan fingerprint density at radius 2 is 1.90 bits per heavy atom. The highest BCUT2D eigenvalue weighted by Gasteiger charge is 2.24. The second-order valence-electron chi connectivity index (χ2n) is 8.50. The minimum atomic E-state index is -0.481. The molecule has 1 saturated heterocycles. The molecular weight excluding hydrogens is 395 g/mol. The van der Waals surface area contributed by atoms with Crippen LogP contribution in [-0.2, 0) is 17.6 Å². The van der Waals surface area contributed by atoms with E-state index in [9.17, 15) is 9.50 Å². The molecule has 1 aromatic heterocycles. The monoisotopic (exact) mass is 430 g/mol. The maximum absolute atomic E-state index is 13.7. The molecule has 0 saturated carbocycles. The van der Waals surface area contributed by atoms with E-state index in [0.29, 0.717) is 19.6 Å². The van der Waals surface area contributed by atoms with Crippen LogP contribution in [0.2, 0.25) is 0 Å². The third-order valence-corrected chi connectivity index (χ3v) is 5.55. The van der Waals surface area contributed by atoms with E-state index in [2.05, 4.69) is 21.7 Å². The summed E-state index contributed by atoms with van der Waals surface area (Å²) < 4.78 is 19.3. The van der Waals surface area contributed by atoms with Gasteiger partial charge in [0.25, 0.3) is 0 Å². The first-order chi connectivity index (χ1) is 14.9. The molecule has 0 radical (unpaired) electrons. The quantitative estimate of drug-likeness (QED) is 0.660. The molecule has 1 aliphatic rings. The summed E-state index contributed by atoms with van der Waals surface area (Å²) in [6.07, 6.45) is 1.06. The number of aliphatic hydroxyl groups excluding tert-OH is 1. The zero-order valence-electron chi connectivity index (χ0n) is 19.1. The topological polar surface area (TPSA) is 61.7 Å². The van der Waals surface area contributed by atoms with Crippen molar-refractivity contribution < 1.29 is 14.2 Å². The first kappa shape index (κ1) is 23.6. The fourth-order valence-corrected chi connectivity index (χ4v) is 4.02. The fraction of sp³-hybridized carbons (Fsp3) is 0.583. The molecule has 0 bridgehead atoms. The molecule has 6 nitrogen and oxygen atoms in total. The minimum absolute atomic E-state index is 0.122. The largest absolute Gasteiger partial charge is 0.389 e. The number of aromatic nitrogens is 2. The standard InChI is InChI=1S/C24H35FN4O2/c1-5-23-22(14-19-7-6-8-20(25)13-19)24(27-18(4)26-23)29-11-9-28(10-12-29)15-21(30)16-31-17(2)3/h6-8,13,17,21,30H,5,9-12,14-16H2,1-4H3. The third kappa shape index (κ3) is 6.69. The van der Waals surface area contributed by atoms with Crippen molar-refractivity contribution in [2.24, 2.45) is 0 Å². The van der Waals surface area contributed by atoms with Crippen molar-refractivity contribution >= 4 is 5.82 Å². The van der Waals surface area contributed by atoms with Gasteiger partial charge in [-0.05, 0) is 44.9 Å². The maximum Gasteiger partial charge on any atom is 0.136 e. The van der Waals surface area contributed by atoms with E-state index in [1.165, 1.54) is 6.07 Å². The first-order valence-corrected chi connectivity index (χ1v) is 11.2. The number of benzene rings is 1. The average molecular weight is 431 g/mol. The zero-order valence-corrected chi connectivity index (χ0v) is 19.1. The molecule has 31 heavy (non-hydrogen) atoms. The van der Waals surface area contributed by atoms with Gasteiger partial charge < -0.3 is 14.7 Å². The van der Waals surface area contributed by atoms with E-state index < -0.39 is 6.10 Å². The second kappa shape index (κ2) is 11.0. The number of β-amino-alcohol motifs (C(OH)–C–C–N with tert-alkyl or cyclic N) is 1. The average Bonchev–Trinajstić information content (AvgIpc) is 2.74. The van der Waals surface area contributed by atoms with Crippen LogP contribution in [0.25, 0.3) is 0 Å². The number of aliphatic hydroxyl groups is 1. The summed E-state index contributed by atoms with van der Waals surface area (Å²) in [4.78, 5) is 14.0. The van der Waals surface area contributed by atoms with E-state index in [1.54, 1.807) is 12.1 Å². The Labute approximate surface area is 185 Å². The van der Waals surface area contributed by atoms with Crippen LogP contribution < -0.4 is 4.90 Å². The van der Waals surface area contributed by atoms with E-state index in [-0.39, 0.29) is 11.9 Å². The highest BCUT2D eigenvalue weighted by Crippen LogP contribution is 2.26. The van der Waals surface area contributed by atoms with Gasteiger partial charge in [-0.15, -0.1) is 0 Å². The fourth-order valence-electron chi connectivity index (χ4n) is 4.02. The lowest BCUT2D eigenvalue weighted by molar-refractivity contribution is -0.00901. The lowest BCUT2D eigenvalue weighted by Gasteiger charge is -2.37. The van der Waals surface area contributed by atoms with Crippen LogP contribution >= 0.6 is 0 Å². The number of aryl methyl sites for hydroxylation is 2. The Morgan fingerprint density at radius 3 is 2.55 bits per heavy atom. The van der Waals surface area contributed by atoms with Gasteiger partial charge in [-0.25, -0.2) is 14.4 Å². The van der Waals surface area contributed by atoms with E-state index in [1.807, 2.05) is 26.8 Å². The summed E-state index contributed by atoms with van der Waals surface area (Å²) in [5.74, 6) is 1.49. The van der Waals surface area contributed by atoms with Crippen LogP contribution in [0.1, 0.15) is 43.4 Å². The SMILES string of the molecule is CCc1nc(C)nc(N2CCN(CC(O)COC(C)C)CC2)c1Cc1cccc(F)c1. The molecule has 1 unspecified atom stereocenters. The molecule has 2 heterocycles. The molecule has 1 atom stereocenters. The Hall–Kier alpha value is -2.09. The van der Waals surface area contributed by atoms with Gasteiger partial charge in [-0.3, -0.25) is 4.90 Å². The van der Waals surface area contributed by atoms with Crippen LogP contribution in [0.15, 0.2) is 24.3 Å². The maximum atomic E-state index is 13.7. The molecule has 3 rings (SSSR count). The molecule has 1 N–H and O–H groups in total. The number of halogens is 1. The third-order valence-electron chi connectivity index (χ3n) is 5.55. The zero-order chi connectivity index (χ0) is 22.4. The molecule has 1 fully saturated rings. The summed E-state index contributed by atoms with van der Waals surface area (Å²) >= 11 is 0. The van der Waals surface area contributed by atoms with Crippen molar-refractivity contribution in [2.75, 3.05) is 44.2 Å². The van der Waals surface area contributed by atoms with Crippen molar-refractivity contribution in [3.8, 4) is 0 Å². The smallest absolute Gasteiger partial charge is 0.136 e. The lowest BCUT2D eigenvalue weighted by atomic mass is 10.0. The summed E-state index contributed by atoms with van der Waals surface area (Å²) in [6, 6.07) is 6.75. The van der Waals surface area contributed by atoms with Gasteiger partial charge in [0, 0.05) is 50.4 Å². The molecule has 7 heteroatoms. The van der Waals surface area contributed by atoms with Crippen LogP contribution in [-0.4, -0.2) is 71.5 Å². The molecule has 170 valence electrons. The van der Waals surface area contributed by atoms with Crippen molar-refractivity contribution in [2.45, 2.75) is 52.7 Å². The highest BCUT2D eigenvalue weighted by molar-refractivity contribution is 5.52. The predicted octanol–water partition coefficient (Wildman–Crippen LogP) is 2.99. The summed E-state index contributed by atoms with van der Waals surface area (Å²) in [6.45, 7) is 12.3. The molecular formula is C24H35FN4O2. The van der Waals surface area contributed by atoms with Crippen LogP contribution in [0, 0.1) is 12.7 Å². The van der Waals surface area contributed by atoms with E-state index >= 15 is 0 Å². The van der Waals surface area contributed by atoms with Gasteiger partial charge in [0.05, 0.1) is 18.8 Å². The molecule has 1 aliphatic heterocycles. The molecule has 0 amide bonds. The van der Waals surface area contributed by atoms with Crippen molar-refractivity contribution in [1.29, 1.82) is 0 Å². The number of rotatable bonds is 9. The Morgan fingerprint density at radius 1 is 1.16 bits per heavy atom. The number of piperazine rings is 1. The Kier molecular flexibility index (Phi) is 8.35. The van der Waals surface area contributed by atoms with Crippen LogP contribution in [0.5, 0.6) is 0 Å². The van der Waals surface area contributed by atoms with Gasteiger partial charge in [-0.2, -0.15) is 0 Å². The van der Waals surface area contributed by atoms with Crippen LogP contribution in [0.4, 0.5) is 10.2 Å². The van der Waals surface area contributed by atoms with Gasteiger partial charge in [-0.1, -0.05) is 19.1 Å². The summed E-state index contributed by atoms with van der Waals surface area (Å²) in [5, 5.41) is 10.2. The van der Waals surface area contributed by atoms with Gasteiger partial charge >= 0.3 is 0 Å². The van der Waals surface area contributed by atoms with Gasteiger partial charge in [0.15, 0.2) is 0 Å². The predicted molar refractivity (Wildman–Crippen MR) is 121 cm³/mol. The van der Waals surface area contributed by atoms with Crippen molar-refractivity contribution in [1.82, 2.24) is 14.9 Å². The van der Waals surface area contributed by atoms with Gasteiger partial charge in [0.2, 0.25) is 0 Å². The first-order valence-electron chi connectivity index (χ1n) is 11.2. The summed E-state index contributed by atoms with van der Waals surface area (Å²) in [5.41, 5.74) is 3.03. The number of ether oxygens (including phenoxy) is 1. The van der Waals surface area contributed by atoms with E-state index in [4.69, 9.17) is 9.72 Å². The summed E-state index contributed by atoms with van der Waals surface area (Å²) in [7, 11) is 0. The lowest BCUT2D eigenvalue weighted by Crippen LogP contribution is -2.49. The number of hydrogen-bond donors (Lipinski definition) is 1. The number of anilines is 1. The molecule has 0 aliphatic carbocycles. The number of nitrogens with zero attached hydrogens (tertiary/aromatic N) is 4. The molecule has 2 aromatic rings. The Bertz CT molecular complexity index is 853. The normalized spacial score (nSPS) is 16.2. The van der Waals surface area contributed by atoms with Gasteiger partial charge in [0.1, 0.15) is 17.5 Å². The molecule has 1 aromatic carbocycles. The second-order valence-corrected chi connectivity index (χ2v) is 8.50. The van der Waals surface area contributed by atoms with Crippen molar-refractivity contribution in [3.63, 3.8) is 0 Å². The van der Waals surface area contributed by atoms with Crippen LogP contribution in [0.3, 0.4) is 0 Å². The van der Waals surface area contributed by atoms with Crippen molar-refractivity contribution in [3.05, 3.63) is 52.7 Å². The van der Waals surface area contributed by atoms with E-state index in [0.717, 1.165) is 61.1 Å². The molecule has 0 spiro atoms. The Balaban J connectivity index is 1.72.